The first-order valence-corrected chi connectivity index (χ1v) is 7.78. The molecule has 0 aromatic carbocycles. The Balaban J connectivity index is 1.88. The second-order valence-corrected chi connectivity index (χ2v) is 6.18. The summed E-state index contributed by atoms with van der Waals surface area (Å²) < 4.78 is 0. The van der Waals surface area contributed by atoms with Crippen molar-refractivity contribution < 1.29 is 9.59 Å². The number of nitrogens with zero attached hydrogens (tertiary/aromatic N) is 4. The SMILES string of the molecule is Cc1ccc(CNC(=O)N2CN(CCN(C)C)C(=O)C2C)nc1. The Bertz CT molecular complexity index is 558. The van der Waals surface area contributed by atoms with Crippen LogP contribution in [-0.2, 0) is 11.3 Å². The first-order valence-electron chi connectivity index (χ1n) is 7.78. The highest BCUT2D eigenvalue weighted by Crippen LogP contribution is 2.14. The van der Waals surface area contributed by atoms with Crippen LogP contribution in [0.15, 0.2) is 18.3 Å². The molecule has 1 aromatic heterocycles. The molecule has 1 aromatic rings. The number of nitrogens with one attached hydrogen (secondary N) is 1. The van der Waals surface area contributed by atoms with Crippen LogP contribution >= 0.6 is 0 Å². The van der Waals surface area contributed by atoms with Gasteiger partial charge in [0.25, 0.3) is 0 Å². The fourth-order valence-corrected chi connectivity index (χ4v) is 2.39. The minimum atomic E-state index is -0.428. The summed E-state index contributed by atoms with van der Waals surface area (Å²) in [5, 5.41) is 2.83. The van der Waals surface area contributed by atoms with Gasteiger partial charge in [0.1, 0.15) is 6.04 Å². The van der Waals surface area contributed by atoms with E-state index in [0.29, 0.717) is 19.8 Å². The van der Waals surface area contributed by atoms with Crippen molar-refractivity contribution in [2.24, 2.45) is 0 Å². The summed E-state index contributed by atoms with van der Waals surface area (Å²) in [7, 11) is 3.92. The number of hydrogen-bond donors (Lipinski definition) is 1. The van der Waals surface area contributed by atoms with Gasteiger partial charge in [-0.3, -0.25) is 14.7 Å². The van der Waals surface area contributed by atoms with Gasteiger partial charge in [-0.15, -0.1) is 0 Å². The molecule has 126 valence electrons. The minimum absolute atomic E-state index is 0.00420. The van der Waals surface area contributed by atoms with Crippen LogP contribution in [0, 0.1) is 6.92 Å². The minimum Gasteiger partial charge on any atom is -0.332 e. The molecule has 23 heavy (non-hydrogen) atoms. The molecule has 1 atom stereocenters. The third-order valence-electron chi connectivity index (χ3n) is 3.93. The fourth-order valence-electron chi connectivity index (χ4n) is 2.39. The van der Waals surface area contributed by atoms with Crippen LogP contribution in [0.1, 0.15) is 18.2 Å². The lowest BCUT2D eigenvalue weighted by Gasteiger charge is -2.21. The molecule has 7 nitrogen and oxygen atoms in total. The van der Waals surface area contributed by atoms with Crippen LogP contribution in [0.4, 0.5) is 4.79 Å². The number of urea groups is 1. The molecule has 0 aliphatic carbocycles. The molecule has 0 radical (unpaired) electrons. The lowest BCUT2D eigenvalue weighted by atomic mass is 10.3. The van der Waals surface area contributed by atoms with Gasteiger partial charge in [-0.05, 0) is 39.6 Å². The van der Waals surface area contributed by atoms with Crippen molar-refractivity contribution in [1.82, 2.24) is 25.0 Å². The lowest BCUT2D eigenvalue weighted by Crippen LogP contribution is -2.43. The van der Waals surface area contributed by atoms with Crippen LogP contribution in [0.5, 0.6) is 0 Å². The normalized spacial score (nSPS) is 18.0. The van der Waals surface area contributed by atoms with E-state index in [-0.39, 0.29) is 11.9 Å². The van der Waals surface area contributed by atoms with E-state index in [1.54, 1.807) is 22.9 Å². The molecular weight excluding hydrogens is 294 g/mol. The maximum absolute atomic E-state index is 12.3. The van der Waals surface area contributed by atoms with E-state index >= 15 is 0 Å². The van der Waals surface area contributed by atoms with Gasteiger partial charge in [-0.2, -0.15) is 0 Å². The van der Waals surface area contributed by atoms with Gasteiger partial charge < -0.3 is 15.1 Å². The van der Waals surface area contributed by atoms with E-state index in [2.05, 4.69) is 10.3 Å². The van der Waals surface area contributed by atoms with E-state index in [0.717, 1.165) is 17.8 Å². The fraction of sp³-hybridized carbons (Fsp3) is 0.562. The standard InChI is InChI=1S/C16H25N5O2/c1-12-5-6-14(17-9-12)10-18-16(23)21-11-20(8-7-19(3)4)15(22)13(21)2/h5-6,9,13H,7-8,10-11H2,1-4H3,(H,18,23). The third-order valence-corrected chi connectivity index (χ3v) is 3.93. The Kier molecular flexibility index (Phi) is 5.54. The molecule has 1 unspecified atom stereocenters. The number of carbonyl (C=O) groups excluding carboxylic acids is 2. The van der Waals surface area contributed by atoms with Crippen molar-refractivity contribution in [3.05, 3.63) is 29.6 Å². The van der Waals surface area contributed by atoms with Gasteiger partial charge in [-0.1, -0.05) is 6.07 Å². The Morgan fingerprint density at radius 1 is 1.43 bits per heavy atom. The lowest BCUT2D eigenvalue weighted by molar-refractivity contribution is -0.128. The summed E-state index contributed by atoms with van der Waals surface area (Å²) >= 11 is 0. The van der Waals surface area contributed by atoms with Gasteiger partial charge in [0.15, 0.2) is 0 Å². The van der Waals surface area contributed by atoms with Crippen LogP contribution in [0.25, 0.3) is 0 Å². The van der Waals surface area contributed by atoms with Crippen molar-refractivity contribution in [3.8, 4) is 0 Å². The number of hydrogen-bond acceptors (Lipinski definition) is 4. The molecule has 1 aliphatic heterocycles. The highest BCUT2D eigenvalue weighted by molar-refractivity contribution is 5.89. The van der Waals surface area contributed by atoms with E-state index in [1.807, 2.05) is 38.1 Å². The van der Waals surface area contributed by atoms with Gasteiger partial charge in [0.05, 0.1) is 18.9 Å². The predicted octanol–water partition coefficient (Wildman–Crippen LogP) is 0.651. The summed E-state index contributed by atoms with van der Waals surface area (Å²) in [5.74, 6) is -0.00420. The molecule has 1 fully saturated rings. The van der Waals surface area contributed by atoms with Crippen molar-refractivity contribution in [2.45, 2.75) is 26.4 Å². The summed E-state index contributed by atoms with van der Waals surface area (Å²) in [6, 6.07) is 3.18. The molecule has 0 spiro atoms. The molecule has 1 aliphatic rings. The molecule has 7 heteroatoms. The zero-order valence-corrected chi connectivity index (χ0v) is 14.2. The predicted molar refractivity (Wildman–Crippen MR) is 87.6 cm³/mol. The quantitative estimate of drug-likeness (QED) is 0.865. The number of rotatable bonds is 5. The van der Waals surface area contributed by atoms with Crippen LogP contribution < -0.4 is 5.32 Å². The number of pyridine rings is 1. The molecule has 0 bridgehead atoms. The smallest absolute Gasteiger partial charge is 0.319 e. The van der Waals surface area contributed by atoms with Gasteiger partial charge in [-0.25, -0.2) is 4.79 Å². The van der Waals surface area contributed by atoms with Crippen molar-refractivity contribution in [3.63, 3.8) is 0 Å². The molecular formula is C16H25N5O2. The highest BCUT2D eigenvalue weighted by atomic mass is 16.2. The summed E-state index contributed by atoms with van der Waals surface area (Å²) in [4.78, 5) is 34.1. The molecule has 1 N–H and O–H groups in total. The third kappa shape index (κ3) is 4.41. The molecule has 3 amide bonds. The number of likely N-dealkylation sites (N-methyl/N-ethyl adjacent to an activating group) is 1. The number of carbonyl (C=O) groups is 2. The van der Waals surface area contributed by atoms with Crippen LogP contribution in [0.3, 0.4) is 0 Å². The van der Waals surface area contributed by atoms with E-state index in [4.69, 9.17) is 0 Å². The van der Waals surface area contributed by atoms with Crippen LogP contribution in [0.2, 0.25) is 0 Å². The molecule has 2 heterocycles. The number of aryl methyl sites for hydroxylation is 1. The van der Waals surface area contributed by atoms with Crippen molar-refractivity contribution >= 4 is 11.9 Å². The molecule has 1 saturated heterocycles. The average Bonchev–Trinajstić information content (AvgIpc) is 2.80. The number of amides is 3. The van der Waals surface area contributed by atoms with Gasteiger partial charge >= 0.3 is 6.03 Å². The molecule has 2 rings (SSSR count). The Morgan fingerprint density at radius 2 is 2.17 bits per heavy atom. The summed E-state index contributed by atoms with van der Waals surface area (Å²) in [5.41, 5.74) is 1.88. The largest absolute Gasteiger partial charge is 0.332 e. The van der Waals surface area contributed by atoms with Crippen LogP contribution in [-0.4, -0.2) is 71.5 Å². The van der Waals surface area contributed by atoms with E-state index < -0.39 is 6.04 Å². The molecule has 0 saturated carbocycles. The van der Waals surface area contributed by atoms with E-state index in [1.165, 1.54) is 0 Å². The first-order chi connectivity index (χ1) is 10.9. The first kappa shape index (κ1) is 17.2. The topological polar surface area (TPSA) is 68.8 Å². The highest BCUT2D eigenvalue weighted by Gasteiger charge is 2.37. The van der Waals surface area contributed by atoms with Crippen molar-refractivity contribution in [1.29, 1.82) is 0 Å². The summed E-state index contributed by atoms with van der Waals surface area (Å²) in [6.45, 7) is 5.83. The van der Waals surface area contributed by atoms with E-state index in [9.17, 15) is 9.59 Å². The maximum Gasteiger partial charge on any atom is 0.319 e. The Hall–Kier alpha value is -2.15. The second kappa shape index (κ2) is 7.41. The number of aromatic nitrogens is 1. The Morgan fingerprint density at radius 3 is 2.78 bits per heavy atom. The monoisotopic (exact) mass is 319 g/mol. The van der Waals surface area contributed by atoms with Crippen molar-refractivity contribution in [2.75, 3.05) is 33.9 Å². The summed E-state index contributed by atoms with van der Waals surface area (Å²) in [6.07, 6.45) is 1.77. The maximum atomic E-state index is 12.3. The second-order valence-electron chi connectivity index (χ2n) is 6.18. The Labute approximate surface area is 137 Å². The van der Waals surface area contributed by atoms with Gasteiger partial charge in [0, 0.05) is 19.3 Å². The average molecular weight is 319 g/mol. The zero-order chi connectivity index (χ0) is 17.0. The van der Waals surface area contributed by atoms with Gasteiger partial charge in [0.2, 0.25) is 5.91 Å². The zero-order valence-electron chi connectivity index (χ0n) is 14.2.